The molecule has 168 valence electrons. The number of aromatic nitrogens is 2. The number of carbonyl (C=O) groups is 1. The largest absolute Gasteiger partial charge is 0.370 e. The molecule has 2 aromatic carbocycles. The van der Waals surface area contributed by atoms with Gasteiger partial charge >= 0.3 is 0 Å². The average molecular weight is 473 g/mol. The zero-order valence-electron chi connectivity index (χ0n) is 18.1. The van der Waals surface area contributed by atoms with Crippen molar-refractivity contribution in [1.82, 2.24) is 9.55 Å². The summed E-state index contributed by atoms with van der Waals surface area (Å²) >= 11 is 7.39. The van der Waals surface area contributed by atoms with E-state index in [1.54, 1.807) is 28.8 Å². The Bertz CT molecular complexity index is 1160. The van der Waals surface area contributed by atoms with Crippen LogP contribution >= 0.6 is 23.4 Å². The first-order chi connectivity index (χ1) is 15.5. The summed E-state index contributed by atoms with van der Waals surface area (Å²) < 4.78 is 7.16. The van der Waals surface area contributed by atoms with E-state index in [0.717, 1.165) is 39.3 Å². The molecule has 6 nitrogen and oxygen atoms in total. The highest BCUT2D eigenvalue weighted by Crippen LogP contribution is 2.26. The molecule has 4 rings (SSSR count). The third kappa shape index (κ3) is 5.41. The zero-order chi connectivity index (χ0) is 22.5. The minimum absolute atomic E-state index is 0.0378. The lowest BCUT2D eigenvalue weighted by Gasteiger charge is -2.24. The summed E-state index contributed by atoms with van der Waals surface area (Å²) in [4.78, 5) is 32.5. The second kappa shape index (κ2) is 10.6. The van der Waals surface area contributed by atoms with Gasteiger partial charge in [0.2, 0.25) is 0 Å². The Balaban J connectivity index is 1.57. The number of hydrogen-bond acceptors (Lipinski definition) is 5. The lowest BCUT2D eigenvalue weighted by atomic mass is 10.1. The highest BCUT2D eigenvalue weighted by atomic mass is 35.5. The molecule has 0 unspecified atom stereocenters. The number of halogens is 1. The van der Waals surface area contributed by atoms with Crippen molar-refractivity contribution in [2.75, 3.05) is 32.8 Å². The quantitative estimate of drug-likeness (QED) is 0.310. The van der Waals surface area contributed by atoms with E-state index in [4.69, 9.17) is 21.3 Å². The first-order valence-electron chi connectivity index (χ1n) is 10.9. The van der Waals surface area contributed by atoms with Crippen LogP contribution in [0.25, 0.3) is 10.9 Å². The number of ketones is 1. The molecule has 1 fully saturated rings. The molecule has 1 saturated heterocycles. The Kier molecular flexibility index (Phi) is 7.63. The van der Waals surface area contributed by atoms with E-state index < -0.39 is 5.25 Å². The normalized spacial score (nSPS) is 15.7. The number of nitrogens with one attached hydrogen (secondary N) is 1. The number of benzene rings is 2. The highest BCUT2D eigenvalue weighted by molar-refractivity contribution is 8.00. The minimum Gasteiger partial charge on any atom is -0.370 e. The van der Waals surface area contributed by atoms with Crippen LogP contribution in [0, 0.1) is 0 Å². The number of morpholine rings is 1. The van der Waals surface area contributed by atoms with Crippen LogP contribution in [-0.4, -0.2) is 53.4 Å². The van der Waals surface area contributed by atoms with Crippen molar-refractivity contribution >= 4 is 40.0 Å². The number of rotatable bonds is 8. The molecule has 1 aliphatic rings. The SMILES string of the molecule is C[C@H](Sc1nc2ccccc2c(=O)n1CCC[NH+]1CCOCC1)C(=O)c1cccc(Cl)c1. The van der Waals surface area contributed by atoms with Crippen LogP contribution in [0.2, 0.25) is 5.02 Å². The maximum absolute atomic E-state index is 13.3. The molecule has 1 aromatic heterocycles. The molecular formula is C24H27ClN3O3S+. The monoisotopic (exact) mass is 472 g/mol. The molecule has 0 aliphatic carbocycles. The number of ether oxygens (including phenoxy) is 1. The van der Waals surface area contributed by atoms with Gasteiger partial charge in [0.25, 0.3) is 5.56 Å². The van der Waals surface area contributed by atoms with Crippen LogP contribution in [0.4, 0.5) is 0 Å². The van der Waals surface area contributed by atoms with Gasteiger partial charge in [0.1, 0.15) is 13.1 Å². The van der Waals surface area contributed by atoms with Crippen molar-refractivity contribution in [3.05, 3.63) is 69.5 Å². The van der Waals surface area contributed by atoms with Crippen LogP contribution in [0.1, 0.15) is 23.7 Å². The average Bonchev–Trinajstić information content (AvgIpc) is 2.81. The van der Waals surface area contributed by atoms with Gasteiger partial charge in [-0.05, 0) is 31.2 Å². The van der Waals surface area contributed by atoms with E-state index in [-0.39, 0.29) is 11.3 Å². The molecule has 8 heteroatoms. The predicted octanol–water partition coefficient (Wildman–Crippen LogP) is 2.72. The second-order valence-electron chi connectivity index (χ2n) is 7.97. The van der Waals surface area contributed by atoms with E-state index in [1.807, 2.05) is 31.2 Å². The number of Topliss-reactive ketones (excluding diaryl/α,β-unsaturated/α-hetero) is 1. The highest BCUT2D eigenvalue weighted by Gasteiger charge is 2.21. The third-order valence-electron chi connectivity index (χ3n) is 5.70. The van der Waals surface area contributed by atoms with Crippen LogP contribution < -0.4 is 10.5 Å². The van der Waals surface area contributed by atoms with Crippen molar-refractivity contribution < 1.29 is 14.4 Å². The zero-order valence-corrected chi connectivity index (χ0v) is 19.6. The van der Waals surface area contributed by atoms with Gasteiger partial charge < -0.3 is 9.64 Å². The van der Waals surface area contributed by atoms with Gasteiger partial charge in [-0.15, -0.1) is 0 Å². The summed E-state index contributed by atoms with van der Waals surface area (Å²) in [5.74, 6) is -0.0378. The summed E-state index contributed by atoms with van der Waals surface area (Å²) in [7, 11) is 0. The Morgan fingerprint density at radius 2 is 2.00 bits per heavy atom. The van der Waals surface area contributed by atoms with Crippen molar-refractivity contribution in [3.63, 3.8) is 0 Å². The fourth-order valence-corrected chi connectivity index (χ4v) is 5.12. The lowest BCUT2D eigenvalue weighted by molar-refractivity contribution is -0.908. The Morgan fingerprint density at radius 3 is 2.78 bits per heavy atom. The van der Waals surface area contributed by atoms with Gasteiger partial charge in [-0.25, -0.2) is 4.98 Å². The van der Waals surface area contributed by atoms with E-state index in [9.17, 15) is 9.59 Å². The molecule has 0 saturated carbocycles. The maximum Gasteiger partial charge on any atom is 0.262 e. The molecule has 0 amide bonds. The molecule has 2 heterocycles. The molecular weight excluding hydrogens is 446 g/mol. The third-order valence-corrected chi connectivity index (χ3v) is 7.02. The van der Waals surface area contributed by atoms with Crippen LogP contribution in [-0.2, 0) is 11.3 Å². The lowest BCUT2D eigenvalue weighted by Crippen LogP contribution is -3.14. The van der Waals surface area contributed by atoms with Crippen molar-refractivity contribution in [1.29, 1.82) is 0 Å². The molecule has 1 N–H and O–H groups in total. The molecule has 1 atom stereocenters. The number of fused-ring (bicyclic) bond motifs is 1. The van der Waals surface area contributed by atoms with E-state index in [0.29, 0.717) is 33.2 Å². The summed E-state index contributed by atoms with van der Waals surface area (Å²) in [6.07, 6.45) is 0.861. The van der Waals surface area contributed by atoms with Crippen LogP contribution in [0.5, 0.6) is 0 Å². The van der Waals surface area contributed by atoms with Crippen LogP contribution in [0.3, 0.4) is 0 Å². The number of thioether (sulfide) groups is 1. The number of quaternary nitrogens is 1. The van der Waals surface area contributed by atoms with Crippen molar-refractivity contribution in [2.45, 2.75) is 30.3 Å². The Hall–Kier alpha value is -2.19. The van der Waals surface area contributed by atoms with E-state index in [1.165, 1.54) is 16.7 Å². The first-order valence-corrected chi connectivity index (χ1v) is 12.2. The topological polar surface area (TPSA) is 65.6 Å². The smallest absolute Gasteiger partial charge is 0.262 e. The molecule has 0 spiro atoms. The van der Waals surface area contributed by atoms with Crippen molar-refractivity contribution in [2.24, 2.45) is 0 Å². The number of para-hydroxylation sites is 1. The van der Waals surface area contributed by atoms with Gasteiger partial charge in [-0.3, -0.25) is 14.2 Å². The number of hydrogen-bond donors (Lipinski definition) is 1. The fraction of sp³-hybridized carbons (Fsp3) is 0.375. The van der Waals surface area contributed by atoms with E-state index in [2.05, 4.69) is 0 Å². The number of nitrogens with zero attached hydrogens (tertiary/aromatic N) is 2. The standard InChI is InChI=1S/C24H26ClN3O3S/c1-17(22(29)18-6-4-7-19(25)16-18)32-24-26-21-9-3-2-8-20(21)23(30)28(24)11-5-10-27-12-14-31-15-13-27/h2-4,6-9,16-17H,5,10-15H2,1H3/p+1/t17-/m0/s1. The van der Waals surface area contributed by atoms with E-state index >= 15 is 0 Å². The predicted molar refractivity (Wildman–Crippen MR) is 128 cm³/mol. The van der Waals surface area contributed by atoms with Gasteiger partial charge in [0, 0.05) is 23.6 Å². The Labute approximate surface area is 196 Å². The van der Waals surface area contributed by atoms with Crippen molar-refractivity contribution in [3.8, 4) is 0 Å². The molecule has 0 radical (unpaired) electrons. The second-order valence-corrected chi connectivity index (χ2v) is 9.71. The minimum atomic E-state index is -0.405. The summed E-state index contributed by atoms with van der Waals surface area (Å²) in [5, 5.41) is 1.30. The fourth-order valence-electron chi connectivity index (χ4n) is 3.92. The van der Waals surface area contributed by atoms with Crippen LogP contribution in [0.15, 0.2) is 58.5 Å². The summed E-state index contributed by atoms with van der Waals surface area (Å²) in [6.45, 7) is 6.96. The molecule has 32 heavy (non-hydrogen) atoms. The molecule has 3 aromatic rings. The van der Waals surface area contributed by atoms with Gasteiger partial charge in [-0.2, -0.15) is 0 Å². The van der Waals surface area contributed by atoms with Gasteiger partial charge in [0.05, 0.1) is 35.9 Å². The summed E-state index contributed by atoms with van der Waals surface area (Å²) in [5.41, 5.74) is 1.15. The first kappa shape index (κ1) is 23.0. The molecule has 1 aliphatic heterocycles. The number of carbonyl (C=O) groups excluding carboxylic acids is 1. The molecule has 0 bridgehead atoms. The Morgan fingerprint density at radius 1 is 1.22 bits per heavy atom. The maximum atomic E-state index is 13.3. The summed E-state index contributed by atoms with van der Waals surface area (Å²) in [6, 6.07) is 14.3. The van der Waals surface area contributed by atoms with Gasteiger partial charge in [-0.1, -0.05) is 47.6 Å². The van der Waals surface area contributed by atoms with Gasteiger partial charge in [0.15, 0.2) is 10.9 Å².